The molecule has 0 bridgehead atoms. The van der Waals surface area contributed by atoms with Gasteiger partial charge in [-0.1, -0.05) is 29.4 Å². The molecule has 0 aliphatic carbocycles. The highest BCUT2D eigenvalue weighted by Gasteiger charge is 2.27. The van der Waals surface area contributed by atoms with Gasteiger partial charge in [0.1, 0.15) is 12.4 Å². The number of fused-ring (bicyclic) bond motifs is 2. The van der Waals surface area contributed by atoms with E-state index >= 15 is 0 Å². The van der Waals surface area contributed by atoms with Crippen molar-refractivity contribution in [1.29, 1.82) is 0 Å². The second-order valence-corrected chi connectivity index (χ2v) is 6.61. The molecule has 1 atom stereocenters. The smallest absolute Gasteiger partial charge is 0.292 e. The summed E-state index contributed by atoms with van der Waals surface area (Å²) in [5, 5.41) is 0. The van der Waals surface area contributed by atoms with Crippen molar-refractivity contribution in [3.63, 3.8) is 0 Å². The number of carbonyl (C=O) groups is 1. The van der Waals surface area contributed by atoms with Gasteiger partial charge in [-0.2, -0.15) is 4.99 Å². The van der Waals surface area contributed by atoms with Crippen molar-refractivity contribution in [2.45, 2.75) is 12.6 Å². The molecule has 2 heterocycles. The van der Waals surface area contributed by atoms with Crippen LogP contribution in [-0.2, 0) is 11.3 Å². The largest absolute Gasteiger partial charge is 0.485 e. The summed E-state index contributed by atoms with van der Waals surface area (Å²) in [7, 11) is 0. The molecule has 130 valence electrons. The molecule has 1 aromatic heterocycles. The molecular formula is C19H13FN2O3S. The predicted molar refractivity (Wildman–Crippen MR) is 95.5 cm³/mol. The molecule has 0 saturated carbocycles. The Bertz CT molecular complexity index is 1110. The van der Waals surface area contributed by atoms with Crippen molar-refractivity contribution < 1.29 is 18.7 Å². The number of thiazole rings is 1. The lowest BCUT2D eigenvalue weighted by Crippen LogP contribution is -2.36. The molecule has 7 heteroatoms. The first-order valence-electron chi connectivity index (χ1n) is 7.85. The van der Waals surface area contributed by atoms with E-state index in [0.717, 1.165) is 5.52 Å². The maximum absolute atomic E-state index is 13.5. The highest BCUT2D eigenvalue weighted by atomic mass is 32.1. The van der Waals surface area contributed by atoms with E-state index in [2.05, 4.69) is 10.9 Å². The number of hydrogen-bond acceptors (Lipinski definition) is 4. The molecule has 1 unspecified atom stereocenters. The van der Waals surface area contributed by atoms with Gasteiger partial charge in [-0.25, -0.2) is 4.39 Å². The van der Waals surface area contributed by atoms with Gasteiger partial charge >= 0.3 is 0 Å². The van der Waals surface area contributed by atoms with Crippen LogP contribution in [0.5, 0.6) is 11.5 Å². The van der Waals surface area contributed by atoms with E-state index in [9.17, 15) is 9.18 Å². The number of para-hydroxylation sites is 2. The third kappa shape index (κ3) is 2.95. The van der Waals surface area contributed by atoms with Crippen LogP contribution < -0.4 is 14.3 Å². The number of rotatable bonds is 2. The predicted octanol–water partition coefficient (Wildman–Crippen LogP) is 2.74. The Morgan fingerprint density at radius 2 is 2.15 bits per heavy atom. The van der Waals surface area contributed by atoms with Gasteiger partial charge < -0.3 is 14.0 Å². The Balaban J connectivity index is 1.71. The molecule has 4 rings (SSSR count). The summed E-state index contributed by atoms with van der Waals surface area (Å²) in [4.78, 5) is 17.1. The number of halogens is 1. The highest BCUT2D eigenvalue weighted by molar-refractivity contribution is 7.16. The van der Waals surface area contributed by atoms with Crippen LogP contribution in [0.4, 0.5) is 4.39 Å². The van der Waals surface area contributed by atoms with Crippen molar-refractivity contribution in [2.75, 3.05) is 6.61 Å². The lowest BCUT2D eigenvalue weighted by Gasteiger charge is -2.23. The average molecular weight is 368 g/mol. The highest BCUT2D eigenvalue weighted by Crippen LogP contribution is 2.31. The van der Waals surface area contributed by atoms with E-state index in [1.807, 2.05) is 6.07 Å². The van der Waals surface area contributed by atoms with Gasteiger partial charge in [0, 0.05) is 0 Å². The maximum Gasteiger partial charge on any atom is 0.292 e. The summed E-state index contributed by atoms with van der Waals surface area (Å²) in [6.07, 6.45) is 4.58. The van der Waals surface area contributed by atoms with Crippen LogP contribution in [0.3, 0.4) is 0 Å². The van der Waals surface area contributed by atoms with Crippen molar-refractivity contribution in [3.05, 3.63) is 53.1 Å². The van der Waals surface area contributed by atoms with Gasteiger partial charge in [0.2, 0.25) is 6.10 Å². The third-order valence-corrected chi connectivity index (χ3v) is 4.93. The number of aromatic nitrogens is 1. The monoisotopic (exact) mass is 368 g/mol. The summed E-state index contributed by atoms with van der Waals surface area (Å²) in [6.45, 7) is 0.302. The zero-order valence-corrected chi connectivity index (χ0v) is 14.3. The van der Waals surface area contributed by atoms with Gasteiger partial charge in [0.05, 0.1) is 16.8 Å². The van der Waals surface area contributed by atoms with E-state index < -0.39 is 12.0 Å². The standard InChI is InChI=1S/C19H13FN2O3S/c1-2-9-22-13-8-7-12(20)10-17(13)26-19(22)21-18(23)16-11-24-14-5-3-4-6-15(14)25-16/h1,3-8,10,16H,9,11H2. The molecule has 0 N–H and O–H groups in total. The summed E-state index contributed by atoms with van der Waals surface area (Å²) in [6, 6.07) is 11.5. The molecule has 5 nitrogen and oxygen atoms in total. The molecule has 1 aliphatic heterocycles. The van der Waals surface area contributed by atoms with E-state index in [0.29, 0.717) is 21.0 Å². The normalized spacial score (nSPS) is 16.5. The Morgan fingerprint density at radius 3 is 2.96 bits per heavy atom. The molecular weight excluding hydrogens is 355 g/mol. The number of hydrogen-bond donors (Lipinski definition) is 0. The Labute approximate surface area is 152 Å². The first-order chi connectivity index (χ1) is 12.7. The van der Waals surface area contributed by atoms with Gasteiger partial charge in [0.25, 0.3) is 5.91 Å². The Kier molecular flexibility index (Phi) is 4.19. The molecule has 0 spiro atoms. The summed E-state index contributed by atoms with van der Waals surface area (Å²) in [5.74, 6) is 2.80. The first kappa shape index (κ1) is 16.4. The zero-order chi connectivity index (χ0) is 18.1. The molecule has 3 aromatic rings. The molecule has 0 radical (unpaired) electrons. The third-order valence-electron chi connectivity index (χ3n) is 3.88. The van der Waals surface area contributed by atoms with Crippen LogP contribution in [0.2, 0.25) is 0 Å². The fourth-order valence-corrected chi connectivity index (χ4v) is 3.74. The van der Waals surface area contributed by atoms with Gasteiger partial charge in [-0.3, -0.25) is 4.79 Å². The number of benzene rings is 2. The second kappa shape index (κ2) is 6.65. The minimum absolute atomic E-state index is 0.0774. The number of terminal acetylenes is 1. The minimum Gasteiger partial charge on any atom is -0.485 e. The van der Waals surface area contributed by atoms with Gasteiger partial charge in [-0.15, -0.1) is 6.42 Å². The SMILES string of the molecule is C#CCn1c(=NC(=O)C2COc3ccccc3O2)sc2cc(F)ccc21. The number of carbonyl (C=O) groups excluding carboxylic acids is 1. The fraction of sp³-hybridized carbons (Fsp3) is 0.158. The van der Waals surface area contributed by atoms with Crippen LogP contribution in [0, 0.1) is 18.2 Å². The summed E-state index contributed by atoms with van der Waals surface area (Å²) in [5.41, 5.74) is 0.729. The van der Waals surface area contributed by atoms with Gasteiger partial charge in [-0.05, 0) is 30.3 Å². The number of nitrogens with zero attached hydrogens (tertiary/aromatic N) is 2. The van der Waals surface area contributed by atoms with Crippen LogP contribution in [-0.4, -0.2) is 23.2 Å². The fourth-order valence-electron chi connectivity index (χ4n) is 2.68. The zero-order valence-electron chi connectivity index (χ0n) is 13.5. The maximum atomic E-state index is 13.5. The second-order valence-electron chi connectivity index (χ2n) is 5.60. The molecule has 1 aliphatic rings. The summed E-state index contributed by atoms with van der Waals surface area (Å²) < 4.78 is 27.1. The van der Waals surface area contributed by atoms with Crippen LogP contribution >= 0.6 is 11.3 Å². The molecule has 26 heavy (non-hydrogen) atoms. The van der Waals surface area contributed by atoms with Crippen molar-refractivity contribution in [1.82, 2.24) is 4.57 Å². The van der Waals surface area contributed by atoms with Gasteiger partial charge in [0.15, 0.2) is 16.3 Å². The topological polar surface area (TPSA) is 52.8 Å². The molecule has 1 amide bonds. The number of amides is 1. The first-order valence-corrected chi connectivity index (χ1v) is 8.67. The lowest BCUT2D eigenvalue weighted by atomic mass is 10.2. The molecule has 2 aromatic carbocycles. The van der Waals surface area contributed by atoms with Crippen LogP contribution in [0.15, 0.2) is 47.5 Å². The van der Waals surface area contributed by atoms with E-state index in [1.165, 1.54) is 23.5 Å². The lowest BCUT2D eigenvalue weighted by molar-refractivity contribution is -0.127. The Morgan fingerprint density at radius 1 is 1.35 bits per heavy atom. The van der Waals surface area contributed by atoms with Crippen LogP contribution in [0.25, 0.3) is 10.2 Å². The van der Waals surface area contributed by atoms with Crippen molar-refractivity contribution >= 4 is 27.5 Å². The molecule has 0 saturated heterocycles. The van der Waals surface area contributed by atoms with E-state index in [1.54, 1.807) is 28.8 Å². The van der Waals surface area contributed by atoms with Crippen LogP contribution in [0.1, 0.15) is 0 Å². The average Bonchev–Trinajstić information content (AvgIpc) is 2.98. The quantitative estimate of drug-likeness (QED) is 0.654. The molecule has 0 fully saturated rings. The summed E-state index contributed by atoms with van der Waals surface area (Å²) >= 11 is 1.20. The Hall–Kier alpha value is -3.11. The van der Waals surface area contributed by atoms with E-state index in [-0.39, 0.29) is 19.0 Å². The minimum atomic E-state index is -0.842. The number of ether oxygens (including phenoxy) is 2. The van der Waals surface area contributed by atoms with E-state index in [4.69, 9.17) is 15.9 Å². The van der Waals surface area contributed by atoms with Crippen molar-refractivity contribution in [2.24, 2.45) is 4.99 Å². The van der Waals surface area contributed by atoms with Crippen molar-refractivity contribution in [3.8, 4) is 23.8 Å².